The second-order valence-electron chi connectivity index (χ2n) is 5.72. The van der Waals surface area contributed by atoms with Crippen molar-refractivity contribution in [2.75, 3.05) is 20.8 Å². The van der Waals surface area contributed by atoms with E-state index < -0.39 is 0 Å². The molecule has 2 aromatic heterocycles. The van der Waals surface area contributed by atoms with Gasteiger partial charge in [-0.25, -0.2) is 4.98 Å². The normalized spacial score (nSPS) is 10.9. The van der Waals surface area contributed by atoms with Crippen LogP contribution in [0.5, 0.6) is 11.5 Å². The molecule has 0 radical (unpaired) electrons. The number of nitrogens with zero attached hydrogens (tertiary/aromatic N) is 2. The van der Waals surface area contributed by atoms with Crippen LogP contribution in [0.4, 0.5) is 0 Å². The Bertz CT molecular complexity index is 843. The molecule has 0 saturated heterocycles. The summed E-state index contributed by atoms with van der Waals surface area (Å²) in [6.07, 6.45) is 1.94. The van der Waals surface area contributed by atoms with E-state index in [0.29, 0.717) is 5.75 Å². The van der Waals surface area contributed by atoms with E-state index in [4.69, 9.17) is 14.5 Å². The van der Waals surface area contributed by atoms with Crippen molar-refractivity contribution >= 4 is 22.7 Å². The molecule has 136 valence electrons. The Morgan fingerprint density at radius 3 is 2.69 bits per heavy atom. The predicted octanol–water partition coefficient (Wildman–Crippen LogP) is 5.08. The number of aromatic nitrogens is 1. The Kier molecular flexibility index (Phi) is 6.44. The fourth-order valence-corrected chi connectivity index (χ4v) is 4.36. The Morgan fingerprint density at radius 2 is 2.00 bits per heavy atom. The van der Waals surface area contributed by atoms with Crippen molar-refractivity contribution in [2.45, 2.75) is 13.1 Å². The minimum absolute atomic E-state index is 0.715. The van der Waals surface area contributed by atoms with Crippen LogP contribution in [0.3, 0.4) is 0 Å². The van der Waals surface area contributed by atoms with E-state index >= 15 is 0 Å². The second kappa shape index (κ2) is 8.98. The van der Waals surface area contributed by atoms with Crippen molar-refractivity contribution in [3.8, 4) is 22.1 Å². The smallest absolute Gasteiger partial charge is 0.170 e. The summed E-state index contributed by atoms with van der Waals surface area (Å²) in [5.74, 6) is 1.44. The number of rotatable bonds is 9. The SMILES string of the molecule is C=CCN(Cc1csc(-c2cccc(OC)c2OC)n1)Cc1cccs1. The summed E-state index contributed by atoms with van der Waals surface area (Å²) < 4.78 is 10.9. The summed E-state index contributed by atoms with van der Waals surface area (Å²) in [4.78, 5) is 8.50. The van der Waals surface area contributed by atoms with Gasteiger partial charge in [-0.3, -0.25) is 4.90 Å². The van der Waals surface area contributed by atoms with Crippen LogP contribution >= 0.6 is 22.7 Å². The lowest BCUT2D eigenvalue weighted by atomic mass is 10.2. The molecule has 0 aliphatic rings. The lowest BCUT2D eigenvalue weighted by Crippen LogP contribution is -2.22. The zero-order valence-electron chi connectivity index (χ0n) is 15.0. The maximum Gasteiger partial charge on any atom is 0.170 e. The average Bonchev–Trinajstić information content (AvgIpc) is 3.33. The quantitative estimate of drug-likeness (QED) is 0.481. The molecule has 6 heteroatoms. The van der Waals surface area contributed by atoms with Crippen molar-refractivity contribution in [2.24, 2.45) is 0 Å². The van der Waals surface area contributed by atoms with Gasteiger partial charge in [0.2, 0.25) is 0 Å². The topological polar surface area (TPSA) is 34.6 Å². The summed E-state index contributed by atoms with van der Waals surface area (Å²) >= 11 is 3.40. The Morgan fingerprint density at radius 1 is 1.12 bits per heavy atom. The fourth-order valence-electron chi connectivity index (χ4n) is 2.78. The number of benzene rings is 1. The predicted molar refractivity (Wildman–Crippen MR) is 109 cm³/mol. The monoisotopic (exact) mass is 386 g/mol. The third-order valence-corrected chi connectivity index (χ3v) is 5.70. The van der Waals surface area contributed by atoms with Gasteiger partial charge in [0.1, 0.15) is 5.01 Å². The van der Waals surface area contributed by atoms with Crippen LogP contribution in [0.2, 0.25) is 0 Å². The molecule has 3 rings (SSSR count). The largest absolute Gasteiger partial charge is 0.493 e. The molecular weight excluding hydrogens is 364 g/mol. The number of thiophene rings is 1. The van der Waals surface area contributed by atoms with E-state index in [1.54, 1.807) is 36.9 Å². The highest BCUT2D eigenvalue weighted by Crippen LogP contribution is 2.39. The zero-order chi connectivity index (χ0) is 18.4. The number of hydrogen-bond donors (Lipinski definition) is 0. The van der Waals surface area contributed by atoms with E-state index in [0.717, 1.165) is 41.6 Å². The molecule has 0 N–H and O–H groups in total. The van der Waals surface area contributed by atoms with Gasteiger partial charge in [-0.2, -0.15) is 0 Å². The third-order valence-electron chi connectivity index (χ3n) is 3.92. The van der Waals surface area contributed by atoms with E-state index in [1.165, 1.54) is 4.88 Å². The molecule has 0 fully saturated rings. The average molecular weight is 387 g/mol. The summed E-state index contributed by atoms with van der Waals surface area (Å²) in [5.41, 5.74) is 2.00. The van der Waals surface area contributed by atoms with Crippen molar-refractivity contribution < 1.29 is 9.47 Å². The highest BCUT2D eigenvalue weighted by atomic mass is 32.1. The summed E-state index contributed by atoms with van der Waals surface area (Å²) in [6, 6.07) is 10.1. The van der Waals surface area contributed by atoms with Crippen molar-refractivity contribution in [3.05, 3.63) is 64.3 Å². The fraction of sp³-hybridized carbons (Fsp3) is 0.250. The third kappa shape index (κ3) is 4.33. The van der Waals surface area contributed by atoms with Crippen molar-refractivity contribution in [1.29, 1.82) is 0 Å². The molecule has 0 aliphatic carbocycles. The maximum atomic E-state index is 5.54. The molecular formula is C20H22N2O2S2. The number of ether oxygens (including phenoxy) is 2. The van der Waals surface area contributed by atoms with Crippen LogP contribution in [0.25, 0.3) is 10.6 Å². The molecule has 0 unspecified atom stereocenters. The molecule has 0 aliphatic heterocycles. The minimum atomic E-state index is 0.715. The van der Waals surface area contributed by atoms with Crippen molar-refractivity contribution in [1.82, 2.24) is 9.88 Å². The van der Waals surface area contributed by atoms with Gasteiger partial charge in [-0.1, -0.05) is 18.2 Å². The standard InChI is InChI=1S/C20H22N2O2S2/c1-4-10-22(13-16-7-6-11-25-16)12-15-14-26-20(21-15)17-8-5-9-18(23-2)19(17)24-3/h4-9,11,14H,1,10,12-13H2,2-3H3. The van der Waals surface area contributed by atoms with Crippen LogP contribution < -0.4 is 9.47 Å². The number of hydrogen-bond acceptors (Lipinski definition) is 6. The van der Waals surface area contributed by atoms with E-state index in [2.05, 4.69) is 34.4 Å². The number of thiazole rings is 1. The first-order chi connectivity index (χ1) is 12.7. The minimum Gasteiger partial charge on any atom is -0.493 e. The molecule has 0 spiro atoms. The van der Waals surface area contributed by atoms with Crippen LogP contribution in [-0.4, -0.2) is 30.6 Å². The van der Waals surface area contributed by atoms with Gasteiger partial charge >= 0.3 is 0 Å². The molecule has 26 heavy (non-hydrogen) atoms. The Balaban J connectivity index is 1.79. The second-order valence-corrected chi connectivity index (χ2v) is 7.61. The molecule has 2 heterocycles. The lowest BCUT2D eigenvalue weighted by Gasteiger charge is -2.18. The molecule has 4 nitrogen and oxygen atoms in total. The molecule has 0 bridgehead atoms. The van der Waals surface area contributed by atoms with Crippen LogP contribution in [0.15, 0.2) is 53.7 Å². The van der Waals surface area contributed by atoms with Gasteiger partial charge < -0.3 is 9.47 Å². The summed E-state index contributed by atoms with van der Waals surface area (Å²) in [5, 5.41) is 5.15. The summed E-state index contributed by atoms with van der Waals surface area (Å²) in [6.45, 7) is 6.39. The van der Waals surface area contributed by atoms with Crippen LogP contribution in [-0.2, 0) is 13.1 Å². The molecule has 1 aromatic carbocycles. The zero-order valence-corrected chi connectivity index (χ0v) is 16.6. The van der Waals surface area contributed by atoms with Crippen molar-refractivity contribution in [3.63, 3.8) is 0 Å². The number of para-hydroxylation sites is 1. The number of methoxy groups -OCH3 is 2. The van der Waals surface area contributed by atoms with Gasteiger partial charge in [0.25, 0.3) is 0 Å². The van der Waals surface area contributed by atoms with Gasteiger partial charge in [0.05, 0.1) is 25.5 Å². The first-order valence-corrected chi connectivity index (χ1v) is 10.0. The van der Waals surface area contributed by atoms with Gasteiger partial charge in [-0.05, 0) is 23.6 Å². The summed E-state index contributed by atoms with van der Waals surface area (Å²) in [7, 11) is 3.30. The molecule has 3 aromatic rings. The van der Waals surface area contributed by atoms with E-state index in [-0.39, 0.29) is 0 Å². The van der Waals surface area contributed by atoms with Crippen LogP contribution in [0.1, 0.15) is 10.6 Å². The lowest BCUT2D eigenvalue weighted by molar-refractivity contribution is 0.286. The first kappa shape index (κ1) is 18.6. The molecule has 0 atom stereocenters. The van der Waals surface area contributed by atoms with Gasteiger partial charge in [-0.15, -0.1) is 29.3 Å². The molecule has 0 saturated carbocycles. The highest BCUT2D eigenvalue weighted by Gasteiger charge is 2.15. The Labute approximate surface area is 162 Å². The molecule has 0 amide bonds. The first-order valence-electron chi connectivity index (χ1n) is 8.26. The Hall–Kier alpha value is -2.15. The van der Waals surface area contributed by atoms with Gasteiger partial charge in [0.15, 0.2) is 11.5 Å². The maximum absolute atomic E-state index is 5.54. The van der Waals surface area contributed by atoms with Gasteiger partial charge in [0, 0.05) is 29.9 Å². The van der Waals surface area contributed by atoms with Crippen LogP contribution in [0, 0.1) is 0 Å². The van der Waals surface area contributed by atoms with E-state index in [9.17, 15) is 0 Å². The van der Waals surface area contributed by atoms with E-state index in [1.807, 2.05) is 24.3 Å². The highest BCUT2D eigenvalue weighted by molar-refractivity contribution is 7.13.